The number of hydrogen-bond donors (Lipinski definition) is 3. The van der Waals surface area contributed by atoms with Crippen LogP contribution < -0.4 is 0 Å². The number of aliphatic hydroxyl groups excluding tert-OH is 2. The summed E-state index contributed by atoms with van der Waals surface area (Å²) in [6.07, 6.45) is -3.63. The molecule has 1 aromatic carbocycles. The summed E-state index contributed by atoms with van der Waals surface area (Å²) < 4.78 is 36.2. The Labute approximate surface area is 110 Å². The Morgan fingerprint density at radius 2 is 1.74 bits per heavy atom. The van der Waals surface area contributed by atoms with E-state index in [1.165, 1.54) is 12.1 Å². The normalized spacial score (nSPS) is 15.0. The molecule has 0 saturated carbocycles. The molecule has 0 fully saturated rings. The Balaban J connectivity index is 2.73. The first-order valence-corrected chi connectivity index (χ1v) is 5.94. The zero-order chi connectivity index (χ0) is 14.6. The zero-order valence-corrected chi connectivity index (χ0v) is 10.3. The Morgan fingerprint density at radius 3 is 2.16 bits per heavy atom. The molecule has 4 nitrogen and oxygen atoms in total. The molecular formula is C11H11F3O4S. The van der Waals surface area contributed by atoms with Crippen LogP contribution in [-0.2, 0) is 4.79 Å². The number of benzene rings is 1. The first kappa shape index (κ1) is 15.8. The fraction of sp³-hybridized carbons (Fsp3) is 0.364. The lowest BCUT2D eigenvalue weighted by molar-refractivity contribution is -0.141. The van der Waals surface area contributed by atoms with Crippen molar-refractivity contribution in [3.05, 3.63) is 29.8 Å². The summed E-state index contributed by atoms with van der Waals surface area (Å²) in [7, 11) is 0. The Kier molecular flexibility index (Phi) is 5.21. The second-order valence-electron chi connectivity index (χ2n) is 3.73. The average Bonchev–Trinajstić information content (AvgIpc) is 2.26. The molecule has 0 spiro atoms. The Hall–Kier alpha value is -1.25. The van der Waals surface area contributed by atoms with E-state index in [-0.39, 0.29) is 22.2 Å². The van der Waals surface area contributed by atoms with Crippen LogP contribution in [0.15, 0.2) is 29.2 Å². The van der Waals surface area contributed by atoms with Gasteiger partial charge in [-0.15, -0.1) is 0 Å². The third-order valence-electron chi connectivity index (χ3n) is 2.20. The number of carboxylic acid groups (broad SMARTS) is 1. The van der Waals surface area contributed by atoms with Crippen molar-refractivity contribution in [2.45, 2.75) is 29.0 Å². The van der Waals surface area contributed by atoms with Crippen molar-refractivity contribution < 1.29 is 33.3 Å². The number of halogens is 3. The van der Waals surface area contributed by atoms with Crippen molar-refractivity contribution in [3.63, 3.8) is 0 Å². The highest BCUT2D eigenvalue weighted by Crippen LogP contribution is 2.37. The van der Waals surface area contributed by atoms with Gasteiger partial charge >= 0.3 is 11.5 Å². The molecule has 0 aliphatic heterocycles. The minimum Gasteiger partial charge on any atom is -0.481 e. The first-order chi connectivity index (χ1) is 8.69. The lowest BCUT2D eigenvalue weighted by Gasteiger charge is -2.16. The molecule has 1 rings (SSSR count). The summed E-state index contributed by atoms with van der Waals surface area (Å²) >= 11 is -0.298. The molecule has 8 heteroatoms. The summed E-state index contributed by atoms with van der Waals surface area (Å²) in [4.78, 5) is 10.3. The summed E-state index contributed by atoms with van der Waals surface area (Å²) in [5.74, 6) is -1.28. The molecule has 2 unspecified atom stereocenters. The molecule has 3 N–H and O–H groups in total. The van der Waals surface area contributed by atoms with Crippen LogP contribution in [0.5, 0.6) is 0 Å². The summed E-state index contributed by atoms with van der Waals surface area (Å²) in [6.45, 7) is 0. The van der Waals surface area contributed by atoms with Gasteiger partial charge in [0.25, 0.3) is 0 Å². The third kappa shape index (κ3) is 5.50. The van der Waals surface area contributed by atoms with Gasteiger partial charge in [-0.25, -0.2) is 0 Å². The lowest BCUT2D eigenvalue weighted by Crippen LogP contribution is -2.21. The van der Waals surface area contributed by atoms with Gasteiger partial charge in [0.15, 0.2) is 0 Å². The molecule has 0 bridgehead atoms. The van der Waals surface area contributed by atoms with Gasteiger partial charge in [0, 0.05) is 4.90 Å². The van der Waals surface area contributed by atoms with Crippen LogP contribution in [0.3, 0.4) is 0 Å². The van der Waals surface area contributed by atoms with Crippen LogP contribution in [0.1, 0.15) is 18.1 Å². The SMILES string of the molecule is O=C(O)CC(O)C(O)c1ccc(SC(F)(F)F)cc1. The van der Waals surface area contributed by atoms with E-state index in [2.05, 4.69) is 0 Å². The topological polar surface area (TPSA) is 77.8 Å². The number of aliphatic carboxylic acids is 1. The van der Waals surface area contributed by atoms with E-state index in [0.717, 1.165) is 12.1 Å². The molecule has 0 aromatic heterocycles. The van der Waals surface area contributed by atoms with Gasteiger partial charge in [0.1, 0.15) is 6.10 Å². The van der Waals surface area contributed by atoms with Crippen LogP contribution in [0, 0.1) is 0 Å². The van der Waals surface area contributed by atoms with Gasteiger partial charge in [0.05, 0.1) is 12.5 Å². The summed E-state index contributed by atoms with van der Waals surface area (Å²) in [5, 5.41) is 27.5. The highest BCUT2D eigenvalue weighted by Gasteiger charge is 2.29. The van der Waals surface area contributed by atoms with Crippen molar-refractivity contribution in [2.24, 2.45) is 0 Å². The van der Waals surface area contributed by atoms with E-state index >= 15 is 0 Å². The van der Waals surface area contributed by atoms with Gasteiger partial charge < -0.3 is 15.3 Å². The fourth-order valence-corrected chi connectivity index (χ4v) is 1.92. The van der Waals surface area contributed by atoms with E-state index in [1.54, 1.807) is 0 Å². The Bertz CT molecular complexity index is 433. The summed E-state index contributed by atoms with van der Waals surface area (Å²) in [6, 6.07) is 4.71. The third-order valence-corrected chi connectivity index (χ3v) is 2.94. The van der Waals surface area contributed by atoms with E-state index < -0.39 is 30.1 Å². The van der Waals surface area contributed by atoms with Crippen molar-refractivity contribution in [2.75, 3.05) is 0 Å². The Morgan fingerprint density at radius 1 is 1.21 bits per heavy atom. The van der Waals surface area contributed by atoms with Gasteiger partial charge in [0.2, 0.25) is 0 Å². The molecule has 0 heterocycles. The van der Waals surface area contributed by atoms with Crippen LogP contribution in [0.2, 0.25) is 0 Å². The minimum atomic E-state index is -4.40. The van der Waals surface area contributed by atoms with E-state index in [9.17, 15) is 28.2 Å². The molecule has 106 valence electrons. The van der Waals surface area contributed by atoms with Gasteiger partial charge in [-0.1, -0.05) is 12.1 Å². The lowest BCUT2D eigenvalue weighted by atomic mass is 10.0. The average molecular weight is 296 g/mol. The monoisotopic (exact) mass is 296 g/mol. The van der Waals surface area contributed by atoms with Crippen molar-refractivity contribution >= 4 is 17.7 Å². The number of aliphatic hydroxyl groups is 2. The fourth-order valence-electron chi connectivity index (χ4n) is 1.38. The maximum Gasteiger partial charge on any atom is 0.446 e. The molecule has 2 atom stereocenters. The van der Waals surface area contributed by atoms with Crippen LogP contribution >= 0.6 is 11.8 Å². The molecule has 0 saturated heterocycles. The van der Waals surface area contributed by atoms with Crippen molar-refractivity contribution in [1.82, 2.24) is 0 Å². The number of thioether (sulfide) groups is 1. The van der Waals surface area contributed by atoms with Crippen LogP contribution in [-0.4, -0.2) is 32.9 Å². The number of carbonyl (C=O) groups is 1. The standard InChI is InChI=1S/C11H11F3O4S/c12-11(13,14)19-7-3-1-6(2-4-7)10(18)8(15)5-9(16)17/h1-4,8,10,15,18H,5H2,(H,16,17). The molecule has 0 radical (unpaired) electrons. The number of hydrogen-bond acceptors (Lipinski definition) is 4. The highest BCUT2D eigenvalue weighted by molar-refractivity contribution is 8.00. The van der Waals surface area contributed by atoms with E-state index in [0.29, 0.717) is 0 Å². The first-order valence-electron chi connectivity index (χ1n) is 5.12. The predicted molar refractivity (Wildman–Crippen MR) is 61.6 cm³/mol. The molecule has 1 aromatic rings. The van der Waals surface area contributed by atoms with Crippen LogP contribution in [0.25, 0.3) is 0 Å². The molecule has 0 aliphatic carbocycles. The van der Waals surface area contributed by atoms with Gasteiger partial charge in [-0.3, -0.25) is 4.79 Å². The number of alkyl halides is 3. The molecule has 19 heavy (non-hydrogen) atoms. The van der Waals surface area contributed by atoms with Gasteiger partial charge in [-0.05, 0) is 29.5 Å². The quantitative estimate of drug-likeness (QED) is 0.726. The highest BCUT2D eigenvalue weighted by atomic mass is 32.2. The molecule has 0 amide bonds. The zero-order valence-electron chi connectivity index (χ0n) is 9.46. The number of rotatable bonds is 5. The minimum absolute atomic E-state index is 0.0591. The molecule has 0 aliphatic rings. The second kappa shape index (κ2) is 6.27. The maximum absolute atomic E-state index is 12.1. The van der Waals surface area contributed by atoms with Crippen molar-refractivity contribution in [1.29, 1.82) is 0 Å². The maximum atomic E-state index is 12.1. The summed E-state index contributed by atoms with van der Waals surface area (Å²) in [5.41, 5.74) is -4.25. The van der Waals surface area contributed by atoms with Crippen molar-refractivity contribution in [3.8, 4) is 0 Å². The number of carboxylic acids is 1. The van der Waals surface area contributed by atoms with E-state index in [1.807, 2.05) is 0 Å². The second-order valence-corrected chi connectivity index (χ2v) is 4.87. The van der Waals surface area contributed by atoms with Crippen LogP contribution in [0.4, 0.5) is 13.2 Å². The largest absolute Gasteiger partial charge is 0.481 e. The smallest absolute Gasteiger partial charge is 0.446 e. The predicted octanol–water partition coefficient (Wildman–Crippen LogP) is 2.17. The molecular weight excluding hydrogens is 285 g/mol. The van der Waals surface area contributed by atoms with Gasteiger partial charge in [-0.2, -0.15) is 13.2 Å². The van der Waals surface area contributed by atoms with E-state index in [4.69, 9.17) is 5.11 Å².